The van der Waals surface area contributed by atoms with E-state index in [0.29, 0.717) is 21.9 Å². The predicted molar refractivity (Wildman–Crippen MR) is 144 cm³/mol. The molecular formula is C27H26ClN5OS. The molecule has 0 radical (unpaired) electrons. The Bertz CT molecular complexity index is 1310. The Hall–Kier alpha value is -3.42. The van der Waals surface area contributed by atoms with E-state index in [9.17, 15) is 4.79 Å². The SMILES string of the molecule is Cc1ccc(-n2c(SCC(=O)NN=Cc3ccc(C(C)C)cc3)nnc2-c2ccc(Cl)cc2)cc1. The number of hydrogen-bond acceptors (Lipinski definition) is 5. The lowest BCUT2D eigenvalue weighted by Gasteiger charge is -2.10. The highest BCUT2D eigenvalue weighted by molar-refractivity contribution is 7.99. The monoisotopic (exact) mass is 503 g/mol. The van der Waals surface area contributed by atoms with Gasteiger partial charge < -0.3 is 0 Å². The summed E-state index contributed by atoms with van der Waals surface area (Å²) in [6.45, 7) is 6.34. The average Bonchev–Trinajstić information content (AvgIpc) is 3.28. The predicted octanol–water partition coefficient (Wildman–Crippen LogP) is 6.26. The molecule has 0 fully saturated rings. The van der Waals surface area contributed by atoms with Gasteiger partial charge in [-0.25, -0.2) is 5.43 Å². The Kier molecular flexibility index (Phi) is 8.00. The van der Waals surface area contributed by atoms with Crippen molar-refractivity contribution in [2.75, 3.05) is 5.75 Å². The molecule has 1 N–H and O–H groups in total. The molecule has 1 heterocycles. The van der Waals surface area contributed by atoms with Gasteiger partial charge in [-0.2, -0.15) is 5.10 Å². The summed E-state index contributed by atoms with van der Waals surface area (Å²) in [4.78, 5) is 12.4. The average molecular weight is 504 g/mol. The van der Waals surface area contributed by atoms with Crippen LogP contribution in [0.2, 0.25) is 5.02 Å². The van der Waals surface area contributed by atoms with E-state index in [2.05, 4.69) is 46.7 Å². The lowest BCUT2D eigenvalue weighted by atomic mass is 10.0. The van der Waals surface area contributed by atoms with Crippen LogP contribution in [0.1, 0.15) is 36.5 Å². The second-order valence-corrected chi connectivity index (χ2v) is 9.77. The topological polar surface area (TPSA) is 72.2 Å². The lowest BCUT2D eigenvalue weighted by Crippen LogP contribution is -2.20. The Labute approximate surface area is 214 Å². The number of carbonyl (C=O) groups is 1. The normalized spacial score (nSPS) is 11.3. The zero-order valence-corrected chi connectivity index (χ0v) is 21.3. The van der Waals surface area contributed by atoms with Crippen molar-refractivity contribution in [1.29, 1.82) is 0 Å². The van der Waals surface area contributed by atoms with Crippen molar-refractivity contribution in [3.63, 3.8) is 0 Å². The Morgan fingerprint density at radius 1 is 1.03 bits per heavy atom. The smallest absolute Gasteiger partial charge is 0.250 e. The van der Waals surface area contributed by atoms with Crippen molar-refractivity contribution in [3.05, 3.63) is 94.5 Å². The first-order valence-electron chi connectivity index (χ1n) is 11.2. The maximum Gasteiger partial charge on any atom is 0.250 e. The number of amides is 1. The molecule has 8 heteroatoms. The molecule has 0 aliphatic rings. The van der Waals surface area contributed by atoms with E-state index >= 15 is 0 Å². The molecule has 35 heavy (non-hydrogen) atoms. The zero-order valence-electron chi connectivity index (χ0n) is 19.8. The molecule has 4 aromatic rings. The van der Waals surface area contributed by atoms with Crippen LogP contribution in [0.15, 0.2) is 83.1 Å². The first-order valence-corrected chi connectivity index (χ1v) is 12.6. The molecule has 1 amide bonds. The summed E-state index contributed by atoms with van der Waals surface area (Å²) in [6.07, 6.45) is 1.64. The van der Waals surface area contributed by atoms with Crippen molar-refractivity contribution in [3.8, 4) is 17.1 Å². The minimum atomic E-state index is -0.225. The fourth-order valence-electron chi connectivity index (χ4n) is 3.38. The molecule has 6 nitrogen and oxygen atoms in total. The largest absolute Gasteiger partial charge is 0.272 e. The first kappa shape index (κ1) is 24.7. The van der Waals surface area contributed by atoms with Crippen LogP contribution in [0.5, 0.6) is 0 Å². The number of aryl methyl sites for hydroxylation is 1. The van der Waals surface area contributed by atoms with E-state index in [0.717, 1.165) is 22.4 Å². The molecule has 3 aromatic carbocycles. The van der Waals surface area contributed by atoms with Crippen molar-refractivity contribution in [1.82, 2.24) is 20.2 Å². The van der Waals surface area contributed by atoms with Crippen molar-refractivity contribution < 1.29 is 4.79 Å². The number of rotatable bonds is 8. The van der Waals surface area contributed by atoms with Gasteiger partial charge >= 0.3 is 0 Å². The van der Waals surface area contributed by atoms with Crippen molar-refractivity contribution in [2.24, 2.45) is 5.10 Å². The van der Waals surface area contributed by atoms with Crippen LogP contribution in [0, 0.1) is 6.92 Å². The molecule has 0 atom stereocenters. The summed E-state index contributed by atoms with van der Waals surface area (Å²) < 4.78 is 1.94. The van der Waals surface area contributed by atoms with Crippen molar-refractivity contribution in [2.45, 2.75) is 31.8 Å². The number of nitrogens with one attached hydrogen (secondary N) is 1. The molecule has 0 aliphatic carbocycles. The van der Waals surface area contributed by atoms with Gasteiger partial charge in [0.1, 0.15) is 0 Å². The highest BCUT2D eigenvalue weighted by Crippen LogP contribution is 2.28. The highest BCUT2D eigenvalue weighted by atomic mass is 35.5. The summed E-state index contributed by atoms with van der Waals surface area (Å²) >= 11 is 7.36. The summed E-state index contributed by atoms with van der Waals surface area (Å²) in [7, 11) is 0. The molecule has 0 unspecified atom stereocenters. The van der Waals surface area contributed by atoms with Gasteiger partial charge in [-0.1, -0.05) is 79.2 Å². The van der Waals surface area contributed by atoms with Crippen LogP contribution >= 0.6 is 23.4 Å². The van der Waals surface area contributed by atoms with Crippen LogP contribution in [-0.2, 0) is 4.79 Å². The summed E-state index contributed by atoms with van der Waals surface area (Å²) in [5.74, 6) is 1.07. The molecule has 0 saturated carbocycles. The van der Waals surface area contributed by atoms with Gasteiger partial charge in [0.15, 0.2) is 11.0 Å². The third kappa shape index (κ3) is 6.38. The minimum Gasteiger partial charge on any atom is -0.272 e. The van der Waals surface area contributed by atoms with Gasteiger partial charge in [-0.15, -0.1) is 10.2 Å². The van der Waals surface area contributed by atoms with E-state index < -0.39 is 0 Å². The van der Waals surface area contributed by atoms with E-state index in [1.165, 1.54) is 17.3 Å². The number of halogens is 1. The molecule has 1 aromatic heterocycles. The number of hydrogen-bond donors (Lipinski definition) is 1. The number of benzene rings is 3. The second-order valence-electron chi connectivity index (χ2n) is 8.39. The second kappa shape index (κ2) is 11.3. The van der Waals surface area contributed by atoms with Crippen LogP contribution in [0.25, 0.3) is 17.1 Å². The van der Waals surface area contributed by atoms with Gasteiger partial charge in [0.25, 0.3) is 5.91 Å². The first-order chi connectivity index (χ1) is 16.9. The third-order valence-corrected chi connectivity index (χ3v) is 6.55. The summed E-state index contributed by atoms with van der Waals surface area (Å²) in [6, 6.07) is 23.6. The van der Waals surface area contributed by atoms with Crippen LogP contribution in [0.3, 0.4) is 0 Å². The van der Waals surface area contributed by atoms with E-state index in [-0.39, 0.29) is 11.7 Å². The van der Waals surface area contributed by atoms with E-state index in [1.54, 1.807) is 6.21 Å². The molecular weight excluding hydrogens is 478 g/mol. The lowest BCUT2D eigenvalue weighted by molar-refractivity contribution is -0.118. The maximum absolute atomic E-state index is 12.4. The number of aromatic nitrogens is 3. The number of thioether (sulfide) groups is 1. The summed E-state index contributed by atoms with van der Waals surface area (Å²) in [5.41, 5.74) is 7.72. The fourth-order valence-corrected chi connectivity index (χ4v) is 4.25. The van der Waals surface area contributed by atoms with Crippen LogP contribution in [0.4, 0.5) is 0 Å². The quantitative estimate of drug-likeness (QED) is 0.175. The molecule has 4 rings (SSSR count). The fraction of sp³-hybridized carbons (Fsp3) is 0.185. The maximum atomic E-state index is 12.4. The minimum absolute atomic E-state index is 0.147. The highest BCUT2D eigenvalue weighted by Gasteiger charge is 2.17. The van der Waals surface area contributed by atoms with Gasteiger partial charge in [-0.05, 0) is 60.4 Å². The third-order valence-electron chi connectivity index (χ3n) is 5.37. The Morgan fingerprint density at radius 2 is 1.71 bits per heavy atom. The van der Waals surface area contributed by atoms with Crippen LogP contribution in [-0.4, -0.2) is 32.6 Å². The number of nitrogens with zero attached hydrogens (tertiary/aromatic N) is 4. The summed E-state index contributed by atoms with van der Waals surface area (Å²) in [5, 5.41) is 14.1. The number of hydrazone groups is 1. The van der Waals surface area contributed by atoms with Crippen molar-refractivity contribution >= 4 is 35.5 Å². The Balaban J connectivity index is 1.47. The standard InChI is InChI=1S/C27H26ClN5OS/c1-18(2)21-8-6-20(7-9-21)16-29-30-25(34)17-35-27-32-31-26(22-10-12-23(28)13-11-22)33(27)24-14-4-19(3)5-15-24/h4-16,18H,17H2,1-3H3,(H,30,34). The molecule has 0 aliphatic heterocycles. The molecule has 0 saturated heterocycles. The Morgan fingerprint density at radius 3 is 2.37 bits per heavy atom. The van der Waals surface area contributed by atoms with Gasteiger partial charge in [-0.3, -0.25) is 9.36 Å². The number of carbonyl (C=O) groups excluding carboxylic acids is 1. The molecule has 178 valence electrons. The zero-order chi connectivity index (χ0) is 24.8. The molecule has 0 bridgehead atoms. The van der Waals surface area contributed by atoms with E-state index in [4.69, 9.17) is 11.6 Å². The van der Waals surface area contributed by atoms with E-state index in [1.807, 2.05) is 72.2 Å². The van der Waals surface area contributed by atoms with Gasteiger partial charge in [0.2, 0.25) is 0 Å². The van der Waals surface area contributed by atoms with Gasteiger partial charge in [0.05, 0.1) is 12.0 Å². The van der Waals surface area contributed by atoms with Crippen LogP contribution < -0.4 is 5.43 Å². The van der Waals surface area contributed by atoms with Gasteiger partial charge in [0, 0.05) is 16.3 Å². The molecule has 0 spiro atoms.